The Hall–Kier alpha value is -2.76. The van der Waals surface area contributed by atoms with Crippen LogP contribution in [0.2, 0.25) is 0 Å². The summed E-state index contributed by atoms with van der Waals surface area (Å²) in [5.74, 6) is -0.566. The van der Waals surface area contributed by atoms with Gasteiger partial charge in [-0.3, -0.25) is 9.71 Å². The Bertz CT molecular complexity index is 1250. The summed E-state index contributed by atoms with van der Waals surface area (Å²) in [5, 5.41) is 2.93. The van der Waals surface area contributed by atoms with E-state index >= 15 is 0 Å². The van der Waals surface area contributed by atoms with Gasteiger partial charge in [0, 0.05) is 24.5 Å². The number of nitrogens with one attached hydrogen (secondary N) is 2. The van der Waals surface area contributed by atoms with E-state index in [1.165, 1.54) is 30.6 Å². The summed E-state index contributed by atoms with van der Waals surface area (Å²) in [7, 11) is -6.09. The van der Waals surface area contributed by atoms with Gasteiger partial charge in [0.25, 0.3) is 10.0 Å². The fourth-order valence-electron chi connectivity index (χ4n) is 2.81. The Morgan fingerprint density at radius 2 is 1.83 bits per heavy atom. The van der Waals surface area contributed by atoms with Crippen molar-refractivity contribution in [1.82, 2.24) is 14.3 Å². The molecule has 0 bridgehead atoms. The van der Waals surface area contributed by atoms with Gasteiger partial charge in [0.05, 0.1) is 23.8 Å². The maximum Gasteiger partial charge on any atom is 0.269 e. The van der Waals surface area contributed by atoms with Gasteiger partial charge in [0.2, 0.25) is 10.0 Å². The van der Waals surface area contributed by atoms with Gasteiger partial charge in [-0.1, -0.05) is 12.1 Å². The highest BCUT2D eigenvalue weighted by Gasteiger charge is 2.24. The molecule has 0 unspecified atom stereocenters. The number of hydrogen-bond acceptors (Lipinski definition) is 6. The Morgan fingerprint density at radius 3 is 2.48 bits per heavy atom. The van der Waals surface area contributed by atoms with Gasteiger partial charge in [0.1, 0.15) is 10.7 Å². The highest BCUT2D eigenvalue weighted by Crippen LogP contribution is 2.29. The molecule has 0 spiro atoms. The van der Waals surface area contributed by atoms with E-state index < -0.39 is 25.9 Å². The largest absolute Gasteiger partial charge is 0.316 e. The predicted octanol–water partition coefficient (Wildman–Crippen LogP) is 2.02. The number of benzene rings is 1. The number of pyridine rings is 1. The van der Waals surface area contributed by atoms with Crippen LogP contribution in [0.4, 0.5) is 10.1 Å². The third-order valence-corrected chi connectivity index (χ3v) is 6.19. The third-order valence-electron chi connectivity index (χ3n) is 3.95. The van der Waals surface area contributed by atoms with E-state index in [2.05, 4.69) is 15.0 Å². The number of aromatic nitrogens is 2. The van der Waals surface area contributed by atoms with Crippen LogP contribution in [0, 0.1) is 5.82 Å². The van der Waals surface area contributed by atoms with Crippen molar-refractivity contribution in [1.29, 1.82) is 0 Å². The van der Waals surface area contributed by atoms with Gasteiger partial charge in [-0.2, -0.15) is 0 Å². The molecule has 0 amide bonds. The van der Waals surface area contributed by atoms with Crippen molar-refractivity contribution in [3.8, 4) is 11.3 Å². The quantitative estimate of drug-likeness (QED) is 0.584. The standard InChI is InChI=1S/C18H19FN4O4S2/c1-20-9-13-7-18(16-5-3-4-6-17(16)19)23(12-13)29(26,27)15-8-14(10-21-11-15)22-28(2,24)25/h3-8,10-12,20,22H,9H2,1-2H3. The second-order valence-corrected chi connectivity index (χ2v) is 9.89. The molecule has 0 atom stereocenters. The summed E-state index contributed by atoms with van der Waals surface area (Å²) in [5.41, 5.74) is 0.906. The van der Waals surface area contributed by atoms with Crippen LogP contribution in [0.5, 0.6) is 0 Å². The molecule has 0 aliphatic carbocycles. The van der Waals surface area contributed by atoms with Crippen molar-refractivity contribution in [2.24, 2.45) is 0 Å². The van der Waals surface area contributed by atoms with Crippen molar-refractivity contribution >= 4 is 25.7 Å². The molecule has 11 heteroatoms. The molecule has 154 valence electrons. The second kappa shape index (κ2) is 7.93. The summed E-state index contributed by atoms with van der Waals surface area (Å²) < 4.78 is 67.0. The molecule has 0 radical (unpaired) electrons. The first kappa shape index (κ1) is 21.0. The Balaban J connectivity index is 2.17. The molecule has 2 aromatic heterocycles. The molecule has 2 N–H and O–H groups in total. The monoisotopic (exact) mass is 438 g/mol. The Labute approximate surface area is 168 Å². The first-order chi connectivity index (χ1) is 13.6. The molecule has 29 heavy (non-hydrogen) atoms. The van der Waals surface area contributed by atoms with Crippen molar-refractivity contribution in [3.63, 3.8) is 0 Å². The maximum atomic E-state index is 14.4. The minimum absolute atomic E-state index is 0.00335. The molecule has 3 aromatic rings. The van der Waals surface area contributed by atoms with E-state index in [0.717, 1.165) is 22.5 Å². The summed E-state index contributed by atoms with van der Waals surface area (Å²) in [6.45, 7) is 0.373. The van der Waals surface area contributed by atoms with Gasteiger partial charge in [0.15, 0.2) is 0 Å². The SMILES string of the molecule is CNCc1cc(-c2ccccc2F)n(S(=O)(=O)c2cncc(NS(C)(=O)=O)c2)c1. The summed E-state index contributed by atoms with van der Waals surface area (Å²) >= 11 is 0. The fourth-order valence-corrected chi connectivity index (χ4v) is 4.73. The van der Waals surface area contributed by atoms with Gasteiger partial charge in [-0.15, -0.1) is 0 Å². The van der Waals surface area contributed by atoms with E-state index in [1.54, 1.807) is 19.2 Å². The lowest BCUT2D eigenvalue weighted by Gasteiger charge is -2.12. The van der Waals surface area contributed by atoms with Gasteiger partial charge >= 0.3 is 0 Å². The lowest BCUT2D eigenvalue weighted by Crippen LogP contribution is -2.15. The average molecular weight is 439 g/mol. The number of anilines is 1. The summed E-state index contributed by atoms with van der Waals surface area (Å²) in [6.07, 6.45) is 4.64. The van der Waals surface area contributed by atoms with Gasteiger partial charge in [-0.05, 0) is 36.9 Å². The fraction of sp³-hybridized carbons (Fsp3) is 0.167. The minimum atomic E-state index is -4.19. The molecule has 2 heterocycles. The zero-order chi connectivity index (χ0) is 21.2. The Morgan fingerprint density at radius 1 is 1.10 bits per heavy atom. The van der Waals surface area contributed by atoms with Crippen molar-refractivity contribution in [3.05, 3.63) is 66.4 Å². The Kier molecular flexibility index (Phi) is 5.73. The molecule has 0 saturated carbocycles. The smallest absolute Gasteiger partial charge is 0.269 e. The molecule has 0 saturated heterocycles. The topological polar surface area (TPSA) is 110 Å². The van der Waals surface area contributed by atoms with Crippen LogP contribution in [0.3, 0.4) is 0 Å². The third kappa shape index (κ3) is 4.63. The van der Waals surface area contributed by atoms with Crippen LogP contribution in [-0.2, 0) is 26.6 Å². The average Bonchev–Trinajstić information content (AvgIpc) is 3.06. The van der Waals surface area contributed by atoms with E-state index in [0.29, 0.717) is 12.1 Å². The van der Waals surface area contributed by atoms with E-state index in [1.807, 2.05) is 0 Å². The minimum Gasteiger partial charge on any atom is -0.316 e. The van der Waals surface area contributed by atoms with E-state index in [4.69, 9.17) is 0 Å². The van der Waals surface area contributed by atoms with Gasteiger partial charge < -0.3 is 5.32 Å². The van der Waals surface area contributed by atoms with E-state index in [-0.39, 0.29) is 21.8 Å². The second-order valence-electron chi connectivity index (χ2n) is 6.33. The summed E-state index contributed by atoms with van der Waals surface area (Å²) in [6, 6.07) is 8.59. The lowest BCUT2D eigenvalue weighted by atomic mass is 10.1. The predicted molar refractivity (Wildman–Crippen MR) is 108 cm³/mol. The number of hydrogen-bond donors (Lipinski definition) is 2. The molecule has 1 aromatic carbocycles. The van der Waals surface area contributed by atoms with Crippen molar-refractivity contribution < 1.29 is 21.2 Å². The first-order valence-corrected chi connectivity index (χ1v) is 11.7. The van der Waals surface area contributed by atoms with Crippen LogP contribution < -0.4 is 10.0 Å². The van der Waals surface area contributed by atoms with Crippen LogP contribution in [0.1, 0.15) is 5.56 Å². The molecule has 0 fully saturated rings. The van der Waals surface area contributed by atoms with Crippen LogP contribution in [0.15, 0.2) is 59.9 Å². The molecule has 0 aliphatic rings. The highest BCUT2D eigenvalue weighted by molar-refractivity contribution is 7.92. The highest BCUT2D eigenvalue weighted by atomic mass is 32.2. The number of halogens is 1. The van der Waals surface area contributed by atoms with Crippen molar-refractivity contribution in [2.75, 3.05) is 18.0 Å². The number of nitrogens with zero attached hydrogens (tertiary/aromatic N) is 2. The van der Waals surface area contributed by atoms with Crippen LogP contribution in [-0.4, -0.2) is 39.1 Å². The van der Waals surface area contributed by atoms with Crippen molar-refractivity contribution in [2.45, 2.75) is 11.4 Å². The first-order valence-electron chi connectivity index (χ1n) is 8.41. The van der Waals surface area contributed by atoms with Gasteiger partial charge in [-0.25, -0.2) is 25.2 Å². The van der Waals surface area contributed by atoms with Crippen LogP contribution in [0.25, 0.3) is 11.3 Å². The lowest BCUT2D eigenvalue weighted by molar-refractivity contribution is 0.586. The normalized spacial score (nSPS) is 12.1. The van der Waals surface area contributed by atoms with E-state index in [9.17, 15) is 21.2 Å². The van der Waals surface area contributed by atoms with Crippen LogP contribution >= 0.6 is 0 Å². The molecular weight excluding hydrogens is 419 g/mol. The molecule has 0 aliphatic heterocycles. The zero-order valence-electron chi connectivity index (χ0n) is 15.6. The molecular formula is C18H19FN4O4S2. The number of sulfonamides is 1. The zero-order valence-corrected chi connectivity index (χ0v) is 17.3. The molecule has 3 rings (SSSR count). The molecule has 8 nitrogen and oxygen atoms in total. The number of rotatable bonds is 7. The summed E-state index contributed by atoms with van der Waals surface area (Å²) in [4.78, 5) is 3.58. The maximum absolute atomic E-state index is 14.4.